The average molecular weight is 340 g/mol. The van der Waals surface area contributed by atoms with Gasteiger partial charge in [-0.25, -0.2) is 13.6 Å². The number of hydrogen-bond donors (Lipinski definition) is 2. The van der Waals surface area contributed by atoms with Gasteiger partial charge >= 0.3 is 6.03 Å². The summed E-state index contributed by atoms with van der Waals surface area (Å²) < 4.78 is 23.9. The molecule has 1 unspecified atom stereocenters. The molecule has 2 rings (SSSR count). The topological polar surface area (TPSA) is 44.4 Å². The van der Waals surface area contributed by atoms with E-state index in [1.165, 1.54) is 0 Å². The van der Waals surface area contributed by atoms with E-state index in [0.717, 1.165) is 18.7 Å². The molecule has 1 saturated heterocycles. The number of carbonyl (C=O) groups excluding carboxylic acids is 1. The monoisotopic (exact) mass is 339 g/mol. The van der Waals surface area contributed by atoms with E-state index in [-0.39, 0.29) is 18.4 Å². The molecule has 0 radical (unpaired) electrons. The normalized spacial score (nSPS) is 17.5. The second-order valence-electron chi connectivity index (χ2n) is 4.66. The molecule has 2 N–H and O–H groups in total. The number of alkyl halides is 2. The quantitative estimate of drug-likeness (QED) is 0.885. The van der Waals surface area contributed by atoms with Crippen molar-refractivity contribution in [1.29, 1.82) is 0 Å². The Morgan fingerprint density at radius 2 is 2.24 bits per heavy atom. The molecular formula is C13H17Cl2F2N3O. The first-order valence-corrected chi connectivity index (χ1v) is 6.75. The van der Waals surface area contributed by atoms with Crippen molar-refractivity contribution in [2.24, 2.45) is 0 Å². The van der Waals surface area contributed by atoms with Crippen LogP contribution in [0.1, 0.15) is 6.42 Å². The fourth-order valence-corrected chi connectivity index (χ4v) is 2.38. The Hall–Kier alpha value is -1.27. The molecule has 4 nitrogen and oxygen atoms in total. The van der Waals surface area contributed by atoms with Gasteiger partial charge in [0.2, 0.25) is 0 Å². The number of rotatable bonds is 4. The molecule has 0 aliphatic carbocycles. The molecule has 0 bridgehead atoms. The number of hydrogen-bond acceptors (Lipinski definition) is 2. The van der Waals surface area contributed by atoms with Crippen molar-refractivity contribution < 1.29 is 13.6 Å². The first-order chi connectivity index (χ1) is 9.54. The molecule has 0 aromatic heterocycles. The maximum Gasteiger partial charge on any atom is 0.315 e. The highest BCUT2D eigenvalue weighted by molar-refractivity contribution is 6.30. The van der Waals surface area contributed by atoms with E-state index < -0.39 is 19.0 Å². The zero-order valence-electron chi connectivity index (χ0n) is 11.2. The molecule has 0 spiro atoms. The molecule has 1 aliphatic heterocycles. The zero-order chi connectivity index (χ0) is 14.5. The van der Waals surface area contributed by atoms with E-state index in [1.54, 1.807) is 6.07 Å². The van der Waals surface area contributed by atoms with Crippen LogP contribution in [0, 0.1) is 0 Å². The van der Waals surface area contributed by atoms with Crippen molar-refractivity contribution in [3.8, 4) is 0 Å². The SMILES string of the molecule is Cl.O=C(NCC(F)F)NC1CCN(c2cccc(Cl)c2)C1. The molecule has 1 aliphatic rings. The van der Waals surface area contributed by atoms with Crippen molar-refractivity contribution in [3.63, 3.8) is 0 Å². The standard InChI is InChI=1S/C13H16ClF2N3O.ClH/c14-9-2-1-3-11(6-9)19-5-4-10(8-19)18-13(20)17-7-12(15)16;/h1-3,6,10,12H,4-5,7-8H2,(H2,17,18,20);1H. The summed E-state index contributed by atoms with van der Waals surface area (Å²) in [5.41, 5.74) is 0.995. The highest BCUT2D eigenvalue weighted by Crippen LogP contribution is 2.23. The minimum absolute atomic E-state index is 0. The first-order valence-electron chi connectivity index (χ1n) is 6.37. The van der Waals surface area contributed by atoms with E-state index in [0.29, 0.717) is 11.6 Å². The number of amides is 2. The lowest BCUT2D eigenvalue weighted by Crippen LogP contribution is -2.44. The summed E-state index contributed by atoms with van der Waals surface area (Å²) in [6.07, 6.45) is -1.76. The summed E-state index contributed by atoms with van der Waals surface area (Å²) in [5.74, 6) is 0. The van der Waals surface area contributed by atoms with Crippen molar-refractivity contribution in [2.75, 3.05) is 24.5 Å². The molecule has 8 heteroatoms. The lowest BCUT2D eigenvalue weighted by Gasteiger charge is -2.19. The van der Waals surface area contributed by atoms with Crippen LogP contribution in [0.3, 0.4) is 0 Å². The van der Waals surface area contributed by atoms with Gasteiger partial charge < -0.3 is 15.5 Å². The van der Waals surface area contributed by atoms with Gasteiger partial charge in [0.25, 0.3) is 6.43 Å². The number of anilines is 1. The summed E-state index contributed by atoms with van der Waals surface area (Å²) in [4.78, 5) is 13.5. The summed E-state index contributed by atoms with van der Waals surface area (Å²) in [5, 5.41) is 5.48. The van der Waals surface area contributed by atoms with E-state index in [2.05, 4.69) is 15.5 Å². The Labute approximate surface area is 133 Å². The highest BCUT2D eigenvalue weighted by Gasteiger charge is 2.24. The molecule has 2 amide bonds. The Balaban J connectivity index is 0.00000220. The Bertz CT molecular complexity index is 476. The maximum absolute atomic E-state index is 12.0. The number of halogens is 4. The average Bonchev–Trinajstić information content (AvgIpc) is 2.85. The van der Waals surface area contributed by atoms with E-state index >= 15 is 0 Å². The molecule has 21 heavy (non-hydrogen) atoms. The van der Waals surface area contributed by atoms with Gasteiger partial charge in [0.15, 0.2) is 0 Å². The molecule has 1 fully saturated rings. The van der Waals surface area contributed by atoms with E-state index in [1.807, 2.05) is 18.2 Å². The zero-order valence-corrected chi connectivity index (χ0v) is 12.8. The third kappa shape index (κ3) is 5.55. The van der Waals surface area contributed by atoms with Crippen LogP contribution in [0.5, 0.6) is 0 Å². The second kappa shape index (κ2) is 8.24. The summed E-state index contributed by atoms with van der Waals surface area (Å²) >= 11 is 5.94. The number of nitrogens with one attached hydrogen (secondary N) is 2. The Kier molecular flexibility index (Phi) is 6.98. The predicted molar refractivity (Wildman–Crippen MR) is 81.9 cm³/mol. The third-order valence-electron chi connectivity index (χ3n) is 3.11. The molecule has 1 heterocycles. The minimum Gasteiger partial charge on any atom is -0.369 e. The van der Waals surface area contributed by atoms with Crippen molar-refractivity contribution in [3.05, 3.63) is 29.3 Å². The van der Waals surface area contributed by atoms with Crippen LogP contribution in [0.2, 0.25) is 5.02 Å². The number of carbonyl (C=O) groups is 1. The molecule has 1 atom stereocenters. The third-order valence-corrected chi connectivity index (χ3v) is 3.35. The van der Waals surface area contributed by atoms with Crippen molar-refractivity contribution >= 4 is 35.7 Å². The fourth-order valence-electron chi connectivity index (χ4n) is 2.19. The predicted octanol–water partition coefficient (Wildman–Crippen LogP) is 2.90. The smallest absolute Gasteiger partial charge is 0.315 e. The van der Waals surface area contributed by atoms with Crippen LogP contribution in [-0.4, -0.2) is 38.1 Å². The summed E-state index contributed by atoms with van der Waals surface area (Å²) in [7, 11) is 0. The minimum atomic E-state index is -2.53. The van der Waals surface area contributed by atoms with E-state index in [9.17, 15) is 13.6 Å². The molecular weight excluding hydrogens is 323 g/mol. The van der Waals surface area contributed by atoms with Gasteiger partial charge in [0, 0.05) is 29.8 Å². The van der Waals surface area contributed by atoms with Crippen LogP contribution in [-0.2, 0) is 0 Å². The van der Waals surface area contributed by atoms with Gasteiger partial charge in [-0.05, 0) is 24.6 Å². The molecule has 118 valence electrons. The van der Waals surface area contributed by atoms with Crippen molar-refractivity contribution in [1.82, 2.24) is 10.6 Å². The number of urea groups is 1. The summed E-state index contributed by atoms with van der Waals surface area (Å²) in [6, 6.07) is 6.88. The summed E-state index contributed by atoms with van der Waals surface area (Å²) in [6.45, 7) is 0.805. The fraction of sp³-hybridized carbons (Fsp3) is 0.462. The first kappa shape index (κ1) is 17.8. The van der Waals surface area contributed by atoms with Gasteiger partial charge in [0.1, 0.15) is 0 Å². The lowest BCUT2D eigenvalue weighted by atomic mass is 10.3. The number of nitrogens with zero attached hydrogens (tertiary/aromatic N) is 1. The molecule has 0 saturated carbocycles. The second-order valence-corrected chi connectivity index (χ2v) is 5.09. The van der Waals surface area contributed by atoms with Crippen molar-refractivity contribution in [2.45, 2.75) is 18.9 Å². The van der Waals surface area contributed by atoms with Gasteiger partial charge in [0.05, 0.1) is 6.54 Å². The maximum atomic E-state index is 12.0. The number of benzene rings is 1. The van der Waals surface area contributed by atoms with Gasteiger partial charge in [-0.3, -0.25) is 0 Å². The van der Waals surface area contributed by atoms with Crippen LogP contribution < -0.4 is 15.5 Å². The van der Waals surface area contributed by atoms with Crippen LogP contribution >= 0.6 is 24.0 Å². The highest BCUT2D eigenvalue weighted by atomic mass is 35.5. The van der Waals surface area contributed by atoms with Gasteiger partial charge in [-0.2, -0.15) is 0 Å². The van der Waals surface area contributed by atoms with Crippen LogP contribution in [0.25, 0.3) is 0 Å². The Morgan fingerprint density at radius 3 is 2.90 bits per heavy atom. The molecule has 1 aromatic carbocycles. The largest absolute Gasteiger partial charge is 0.369 e. The van der Waals surface area contributed by atoms with E-state index in [4.69, 9.17) is 11.6 Å². The Morgan fingerprint density at radius 1 is 1.48 bits per heavy atom. The van der Waals surface area contributed by atoms with Crippen LogP contribution in [0.15, 0.2) is 24.3 Å². The molecule has 1 aromatic rings. The van der Waals surface area contributed by atoms with Gasteiger partial charge in [-0.15, -0.1) is 12.4 Å². The van der Waals surface area contributed by atoms with Crippen LogP contribution in [0.4, 0.5) is 19.3 Å². The van der Waals surface area contributed by atoms with Gasteiger partial charge in [-0.1, -0.05) is 17.7 Å². The lowest BCUT2D eigenvalue weighted by molar-refractivity contribution is 0.146.